The van der Waals surface area contributed by atoms with Crippen LogP contribution in [0.15, 0.2) is 24.3 Å². The van der Waals surface area contributed by atoms with Gasteiger partial charge in [0, 0.05) is 5.33 Å². The molecular weight excluding hydrogens is 231 g/mol. The highest BCUT2D eigenvalue weighted by molar-refractivity contribution is 9.09. The van der Waals surface area contributed by atoms with Crippen LogP contribution in [0, 0.1) is 5.92 Å². The van der Waals surface area contributed by atoms with Gasteiger partial charge in [-0.15, -0.1) is 0 Å². The maximum Gasteiger partial charge on any atom is 0.113 e. The summed E-state index contributed by atoms with van der Waals surface area (Å²) in [6.45, 7) is 0. The smallest absolute Gasteiger partial charge is 0.113 e. The predicted molar refractivity (Wildman–Crippen MR) is 56.0 cm³/mol. The zero-order valence-corrected chi connectivity index (χ0v) is 8.93. The van der Waals surface area contributed by atoms with E-state index in [0.29, 0.717) is 5.33 Å². The van der Waals surface area contributed by atoms with Gasteiger partial charge < -0.3 is 0 Å². The van der Waals surface area contributed by atoms with E-state index in [1.54, 1.807) is 0 Å². The van der Waals surface area contributed by atoms with Crippen molar-refractivity contribution in [1.29, 1.82) is 0 Å². The second-order valence-electron chi connectivity index (χ2n) is 3.61. The third kappa shape index (κ3) is 1.78. The summed E-state index contributed by atoms with van der Waals surface area (Å²) in [7, 11) is 0. The molecule has 1 aromatic carbocycles. The summed E-state index contributed by atoms with van der Waals surface area (Å²) >= 11 is 3.19. The van der Waals surface area contributed by atoms with E-state index in [2.05, 4.69) is 28.1 Å². The Morgan fingerprint density at radius 1 is 1.31 bits per heavy atom. The molecule has 0 nitrogen and oxygen atoms in total. The number of rotatable bonds is 2. The number of hydrogen-bond acceptors (Lipinski definition) is 0. The molecule has 0 aromatic heterocycles. The van der Waals surface area contributed by atoms with Crippen molar-refractivity contribution in [3.63, 3.8) is 0 Å². The standard InChI is InChI=1S/C11H12BrF/c12-7-11(13)10-5-8-3-1-2-4-9(8)6-10/h1-4,10-11H,5-7H2/t11-/m0/s1. The van der Waals surface area contributed by atoms with Crippen LogP contribution < -0.4 is 0 Å². The Morgan fingerprint density at radius 2 is 1.85 bits per heavy atom. The zero-order chi connectivity index (χ0) is 9.26. The first-order chi connectivity index (χ1) is 6.31. The van der Waals surface area contributed by atoms with E-state index in [0.717, 1.165) is 12.8 Å². The fraction of sp³-hybridized carbons (Fsp3) is 0.455. The van der Waals surface area contributed by atoms with Crippen LogP contribution in [0.5, 0.6) is 0 Å². The van der Waals surface area contributed by atoms with Crippen LogP contribution in [-0.2, 0) is 12.8 Å². The molecule has 0 spiro atoms. The second kappa shape index (κ2) is 3.79. The molecule has 1 atom stereocenters. The third-order valence-corrected chi connectivity index (χ3v) is 3.36. The van der Waals surface area contributed by atoms with E-state index < -0.39 is 6.17 Å². The Hall–Kier alpha value is -0.370. The lowest BCUT2D eigenvalue weighted by Gasteiger charge is -2.11. The highest BCUT2D eigenvalue weighted by Gasteiger charge is 2.27. The van der Waals surface area contributed by atoms with Gasteiger partial charge in [-0.25, -0.2) is 4.39 Å². The SMILES string of the molecule is F[C@@H](CBr)C1Cc2ccccc2C1. The minimum absolute atomic E-state index is 0.191. The third-order valence-electron chi connectivity index (χ3n) is 2.74. The highest BCUT2D eigenvalue weighted by atomic mass is 79.9. The molecule has 0 unspecified atom stereocenters. The van der Waals surface area contributed by atoms with Gasteiger partial charge in [0.2, 0.25) is 0 Å². The number of alkyl halides is 2. The average Bonchev–Trinajstić information content (AvgIpc) is 2.59. The number of halogens is 2. The van der Waals surface area contributed by atoms with Crippen LogP contribution in [0.25, 0.3) is 0 Å². The van der Waals surface area contributed by atoms with Crippen molar-refractivity contribution in [3.8, 4) is 0 Å². The first-order valence-electron chi connectivity index (χ1n) is 4.58. The van der Waals surface area contributed by atoms with Crippen LogP contribution in [-0.4, -0.2) is 11.5 Å². The lowest BCUT2D eigenvalue weighted by molar-refractivity contribution is 0.263. The van der Waals surface area contributed by atoms with Crippen LogP contribution in [0.4, 0.5) is 4.39 Å². The van der Waals surface area contributed by atoms with Crippen LogP contribution in [0.1, 0.15) is 11.1 Å². The molecule has 0 N–H and O–H groups in total. The Bertz CT molecular complexity index is 273. The fourth-order valence-corrected chi connectivity index (χ4v) is 2.50. The molecule has 0 amide bonds. The Labute approximate surface area is 86.3 Å². The van der Waals surface area contributed by atoms with Crippen molar-refractivity contribution >= 4 is 15.9 Å². The second-order valence-corrected chi connectivity index (χ2v) is 4.25. The molecule has 0 aliphatic heterocycles. The quantitative estimate of drug-likeness (QED) is 0.700. The molecule has 1 aliphatic rings. The highest BCUT2D eigenvalue weighted by Crippen LogP contribution is 2.30. The molecule has 70 valence electrons. The number of fused-ring (bicyclic) bond motifs is 1. The molecule has 0 bridgehead atoms. The molecule has 0 heterocycles. The minimum atomic E-state index is -0.701. The summed E-state index contributed by atoms with van der Waals surface area (Å²) in [5.74, 6) is 0.191. The van der Waals surface area contributed by atoms with Gasteiger partial charge in [-0.05, 0) is 29.9 Å². The first kappa shape index (κ1) is 9.20. The molecule has 2 heteroatoms. The summed E-state index contributed by atoms with van der Waals surface area (Å²) in [6, 6.07) is 8.28. The van der Waals surface area contributed by atoms with E-state index in [1.165, 1.54) is 11.1 Å². The minimum Gasteiger partial charge on any atom is -0.246 e. The lowest BCUT2D eigenvalue weighted by atomic mass is 10.0. The van der Waals surface area contributed by atoms with Crippen LogP contribution >= 0.6 is 15.9 Å². The molecule has 0 saturated heterocycles. The van der Waals surface area contributed by atoms with Gasteiger partial charge in [0.1, 0.15) is 6.17 Å². The zero-order valence-electron chi connectivity index (χ0n) is 7.34. The summed E-state index contributed by atoms with van der Waals surface area (Å²) in [5.41, 5.74) is 2.66. The van der Waals surface area contributed by atoms with Gasteiger partial charge in [-0.1, -0.05) is 40.2 Å². The van der Waals surface area contributed by atoms with Crippen LogP contribution in [0.3, 0.4) is 0 Å². The van der Waals surface area contributed by atoms with Crippen LogP contribution in [0.2, 0.25) is 0 Å². The Balaban J connectivity index is 2.14. The molecule has 0 saturated carbocycles. The Kier molecular flexibility index (Phi) is 2.68. The molecule has 0 fully saturated rings. The van der Waals surface area contributed by atoms with Crippen molar-refractivity contribution in [2.45, 2.75) is 19.0 Å². The van der Waals surface area contributed by atoms with Gasteiger partial charge in [-0.2, -0.15) is 0 Å². The van der Waals surface area contributed by atoms with Gasteiger partial charge in [-0.3, -0.25) is 0 Å². The topological polar surface area (TPSA) is 0 Å². The number of hydrogen-bond donors (Lipinski definition) is 0. The molecule has 13 heavy (non-hydrogen) atoms. The van der Waals surface area contributed by atoms with Crippen molar-refractivity contribution in [2.75, 3.05) is 5.33 Å². The summed E-state index contributed by atoms with van der Waals surface area (Å²) in [5, 5.41) is 0.464. The van der Waals surface area contributed by atoms with E-state index in [-0.39, 0.29) is 5.92 Å². The van der Waals surface area contributed by atoms with E-state index >= 15 is 0 Å². The van der Waals surface area contributed by atoms with Gasteiger partial charge in [0.25, 0.3) is 0 Å². The average molecular weight is 243 g/mol. The van der Waals surface area contributed by atoms with Gasteiger partial charge >= 0.3 is 0 Å². The van der Waals surface area contributed by atoms with E-state index in [1.807, 2.05) is 12.1 Å². The number of benzene rings is 1. The molecule has 0 radical (unpaired) electrons. The van der Waals surface area contributed by atoms with Gasteiger partial charge in [0.15, 0.2) is 0 Å². The molecular formula is C11H12BrF. The largest absolute Gasteiger partial charge is 0.246 e. The molecule has 1 aliphatic carbocycles. The first-order valence-corrected chi connectivity index (χ1v) is 5.70. The van der Waals surface area contributed by atoms with E-state index in [9.17, 15) is 4.39 Å². The van der Waals surface area contributed by atoms with Crippen molar-refractivity contribution in [1.82, 2.24) is 0 Å². The molecule has 2 rings (SSSR count). The maximum atomic E-state index is 13.4. The van der Waals surface area contributed by atoms with Crippen molar-refractivity contribution in [3.05, 3.63) is 35.4 Å². The summed E-state index contributed by atoms with van der Waals surface area (Å²) < 4.78 is 13.4. The monoisotopic (exact) mass is 242 g/mol. The summed E-state index contributed by atoms with van der Waals surface area (Å²) in [4.78, 5) is 0. The normalized spacial score (nSPS) is 18.6. The van der Waals surface area contributed by atoms with Crippen molar-refractivity contribution in [2.24, 2.45) is 5.92 Å². The van der Waals surface area contributed by atoms with Crippen molar-refractivity contribution < 1.29 is 4.39 Å². The molecule has 1 aromatic rings. The lowest BCUT2D eigenvalue weighted by Crippen LogP contribution is -2.17. The van der Waals surface area contributed by atoms with E-state index in [4.69, 9.17) is 0 Å². The fourth-order valence-electron chi connectivity index (χ4n) is 1.97. The summed E-state index contributed by atoms with van der Waals surface area (Å²) in [6.07, 6.45) is 1.11. The Morgan fingerprint density at radius 3 is 2.31 bits per heavy atom. The predicted octanol–water partition coefficient (Wildman–Crippen LogP) is 3.13. The van der Waals surface area contributed by atoms with Gasteiger partial charge in [0.05, 0.1) is 0 Å². The maximum absolute atomic E-state index is 13.4.